The van der Waals surface area contributed by atoms with Gasteiger partial charge in [0.25, 0.3) is 0 Å². The smallest absolute Gasteiger partial charge is 0.329 e. The summed E-state index contributed by atoms with van der Waals surface area (Å²) in [6, 6.07) is 0. The molecule has 8 heteroatoms. The third-order valence-corrected chi connectivity index (χ3v) is 1.50. The lowest BCUT2D eigenvalue weighted by Crippen LogP contribution is -2.37. The van der Waals surface area contributed by atoms with Gasteiger partial charge in [-0.2, -0.15) is 0 Å². The molecule has 0 atom stereocenters. The van der Waals surface area contributed by atoms with E-state index in [-0.39, 0.29) is 13.2 Å². The van der Waals surface area contributed by atoms with Gasteiger partial charge in [-0.3, -0.25) is 14.5 Å². The van der Waals surface area contributed by atoms with Crippen LogP contribution >= 0.6 is 0 Å². The van der Waals surface area contributed by atoms with Gasteiger partial charge in [0.2, 0.25) is 0 Å². The first-order valence-electron chi connectivity index (χ1n) is 4.37. The molecule has 0 spiro atoms. The van der Waals surface area contributed by atoms with Crippen molar-refractivity contribution in [2.24, 2.45) is 0 Å². The second-order valence-corrected chi connectivity index (χ2v) is 2.94. The Morgan fingerprint density at radius 2 is 1.44 bits per heavy atom. The monoisotopic (exact) mass is 235 g/mol. The Morgan fingerprint density at radius 1 is 0.938 bits per heavy atom. The van der Waals surface area contributed by atoms with Gasteiger partial charge in [-0.25, -0.2) is 4.79 Å². The molecule has 0 amide bonds. The minimum Gasteiger partial charge on any atom is -0.480 e. The zero-order chi connectivity index (χ0) is 12.6. The zero-order valence-corrected chi connectivity index (χ0v) is 8.46. The van der Waals surface area contributed by atoms with Gasteiger partial charge in [0, 0.05) is 6.54 Å². The molecule has 92 valence electrons. The number of nitrogens with zero attached hydrogens (tertiary/aromatic N) is 1. The summed E-state index contributed by atoms with van der Waals surface area (Å²) in [7, 11) is 0. The van der Waals surface area contributed by atoms with E-state index in [0.29, 0.717) is 0 Å². The van der Waals surface area contributed by atoms with Crippen LogP contribution in [-0.2, 0) is 19.1 Å². The van der Waals surface area contributed by atoms with Crippen LogP contribution < -0.4 is 0 Å². The SMILES string of the molecule is O=C(O)COCCN(CC(=O)O)CC(=O)O. The normalized spacial score (nSPS) is 10.3. The molecule has 8 nitrogen and oxygen atoms in total. The van der Waals surface area contributed by atoms with Crippen molar-refractivity contribution in [1.82, 2.24) is 4.90 Å². The van der Waals surface area contributed by atoms with E-state index in [1.54, 1.807) is 0 Å². The Bertz CT molecular complexity index is 249. The Labute approximate surface area is 91.0 Å². The molecule has 0 aliphatic heterocycles. The molecule has 3 N–H and O–H groups in total. The molecule has 0 aliphatic carbocycles. The maximum Gasteiger partial charge on any atom is 0.329 e. The molecule has 0 saturated heterocycles. The minimum atomic E-state index is -1.15. The summed E-state index contributed by atoms with van der Waals surface area (Å²) < 4.78 is 4.66. The fourth-order valence-electron chi connectivity index (χ4n) is 0.950. The first-order valence-corrected chi connectivity index (χ1v) is 4.37. The highest BCUT2D eigenvalue weighted by Gasteiger charge is 2.13. The number of carboxylic acids is 3. The first kappa shape index (κ1) is 14.3. The fraction of sp³-hybridized carbons (Fsp3) is 0.625. The van der Waals surface area contributed by atoms with Crippen molar-refractivity contribution in [2.45, 2.75) is 0 Å². The summed E-state index contributed by atoms with van der Waals surface area (Å²) in [5.74, 6) is -3.44. The summed E-state index contributed by atoms with van der Waals surface area (Å²) in [6.07, 6.45) is 0. The predicted molar refractivity (Wildman–Crippen MR) is 50.2 cm³/mol. The van der Waals surface area contributed by atoms with Crippen molar-refractivity contribution in [3.05, 3.63) is 0 Å². The molecule has 0 rings (SSSR count). The molecule has 0 saturated carbocycles. The lowest BCUT2D eigenvalue weighted by atomic mass is 10.4. The number of carboxylic acid groups (broad SMARTS) is 3. The molecule has 0 fully saturated rings. The van der Waals surface area contributed by atoms with E-state index in [2.05, 4.69) is 4.74 Å². The maximum atomic E-state index is 10.4. The molecule has 0 aromatic carbocycles. The van der Waals surface area contributed by atoms with Crippen molar-refractivity contribution in [1.29, 1.82) is 0 Å². The topological polar surface area (TPSA) is 124 Å². The van der Waals surface area contributed by atoms with E-state index >= 15 is 0 Å². The van der Waals surface area contributed by atoms with Gasteiger partial charge in [0.05, 0.1) is 19.7 Å². The van der Waals surface area contributed by atoms with Crippen LogP contribution in [0.2, 0.25) is 0 Å². The molecular weight excluding hydrogens is 222 g/mol. The molecule has 0 radical (unpaired) electrons. The largest absolute Gasteiger partial charge is 0.480 e. The lowest BCUT2D eigenvalue weighted by molar-refractivity contribution is -0.145. The number of rotatable bonds is 9. The second kappa shape index (κ2) is 7.60. The van der Waals surface area contributed by atoms with Crippen LogP contribution in [0.1, 0.15) is 0 Å². The van der Waals surface area contributed by atoms with Crippen LogP contribution in [0.5, 0.6) is 0 Å². The Hall–Kier alpha value is -1.67. The minimum absolute atomic E-state index is 0.0349. The molecule has 0 aromatic rings. The second-order valence-electron chi connectivity index (χ2n) is 2.94. The third kappa shape index (κ3) is 8.91. The van der Waals surface area contributed by atoms with Crippen molar-refractivity contribution >= 4 is 17.9 Å². The maximum absolute atomic E-state index is 10.4. The van der Waals surface area contributed by atoms with E-state index < -0.39 is 37.6 Å². The van der Waals surface area contributed by atoms with Gasteiger partial charge in [-0.05, 0) is 0 Å². The highest BCUT2D eigenvalue weighted by molar-refractivity contribution is 5.72. The number of hydrogen-bond acceptors (Lipinski definition) is 5. The standard InChI is InChI=1S/C8H13NO7/c10-6(11)3-9(4-7(12)13)1-2-16-5-8(14)15/h1-5H2,(H,10,11)(H,12,13)(H,14,15). The molecule has 0 aliphatic rings. The van der Waals surface area contributed by atoms with Crippen LogP contribution in [0.4, 0.5) is 0 Å². The van der Waals surface area contributed by atoms with Crippen molar-refractivity contribution in [3.8, 4) is 0 Å². The van der Waals surface area contributed by atoms with E-state index in [0.717, 1.165) is 4.90 Å². The lowest BCUT2D eigenvalue weighted by Gasteiger charge is -2.17. The van der Waals surface area contributed by atoms with Crippen LogP contribution in [0.15, 0.2) is 0 Å². The number of carbonyl (C=O) groups is 3. The van der Waals surface area contributed by atoms with Gasteiger partial charge >= 0.3 is 17.9 Å². The summed E-state index contributed by atoms with van der Waals surface area (Å²) in [5, 5.41) is 25.2. The van der Waals surface area contributed by atoms with E-state index in [1.165, 1.54) is 0 Å². The average molecular weight is 235 g/mol. The van der Waals surface area contributed by atoms with Crippen molar-refractivity contribution in [3.63, 3.8) is 0 Å². The van der Waals surface area contributed by atoms with Crippen LogP contribution in [0.3, 0.4) is 0 Å². The first-order chi connectivity index (χ1) is 7.41. The number of ether oxygens (including phenoxy) is 1. The molecule has 0 heterocycles. The van der Waals surface area contributed by atoms with Gasteiger partial charge in [-0.15, -0.1) is 0 Å². The summed E-state index contributed by atoms with van der Waals surface area (Å²) in [5.41, 5.74) is 0. The number of aliphatic carboxylic acids is 3. The van der Waals surface area contributed by atoms with E-state index in [1.807, 2.05) is 0 Å². The average Bonchev–Trinajstić information content (AvgIpc) is 2.09. The van der Waals surface area contributed by atoms with Crippen molar-refractivity contribution < 1.29 is 34.4 Å². The van der Waals surface area contributed by atoms with Crippen LogP contribution in [-0.4, -0.2) is 71.0 Å². The third-order valence-electron chi connectivity index (χ3n) is 1.50. The molecular formula is C8H13NO7. The molecule has 0 bridgehead atoms. The molecule has 0 unspecified atom stereocenters. The summed E-state index contributed by atoms with van der Waals surface area (Å²) in [4.78, 5) is 31.9. The highest BCUT2D eigenvalue weighted by Crippen LogP contribution is 1.89. The summed E-state index contributed by atoms with van der Waals surface area (Å²) >= 11 is 0. The number of hydrogen-bond donors (Lipinski definition) is 3. The van der Waals surface area contributed by atoms with Gasteiger partial charge in [0.1, 0.15) is 6.61 Å². The van der Waals surface area contributed by atoms with E-state index in [9.17, 15) is 14.4 Å². The van der Waals surface area contributed by atoms with Crippen molar-refractivity contribution in [2.75, 3.05) is 32.8 Å². The van der Waals surface area contributed by atoms with Crippen LogP contribution in [0.25, 0.3) is 0 Å². The van der Waals surface area contributed by atoms with Gasteiger partial charge in [0.15, 0.2) is 0 Å². The van der Waals surface area contributed by atoms with E-state index in [4.69, 9.17) is 15.3 Å². The Morgan fingerprint density at radius 3 is 1.81 bits per heavy atom. The highest BCUT2D eigenvalue weighted by atomic mass is 16.5. The van der Waals surface area contributed by atoms with Gasteiger partial charge < -0.3 is 20.1 Å². The Balaban J connectivity index is 3.86. The predicted octanol–water partition coefficient (Wildman–Crippen LogP) is -1.44. The van der Waals surface area contributed by atoms with Crippen LogP contribution in [0, 0.1) is 0 Å². The Kier molecular flexibility index (Phi) is 6.81. The fourth-order valence-corrected chi connectivity index (χ4v) is 0.950. The molecule has 0 aromatic heterocycles. The molecule has 16 heavy (non-hydrogen) atoms. The van der Waals surface area contributed by atoms with Gasteiger partial charge in [-0.1, -0.05) is 0 Å². The quantitative estimate of drug-likeness (QED) is 0.415. The summed E-state index contributed by atoms with van der Waals surface area (Å²) in [6.45, 7) is -1.34. The zero-order valence-electron chi connectivity index (χ0n) is 8.46.